The molecule has 6 nitrogen and oxygen atoms in total. The van der Waals surface area contributed by atoms with Gasteiger partial charge in [-0.25, -0.2) is 4.79 Å². The van der Waals surface area contributed by atoms with Crippen LogP contribution >= 0.6 is 15.9 Å². The van der Waals surface area contributed by atoms with Crippen LogP contribution in [0.3, 0.4) is 0 Å². The van der Waals surface area contributed by atoms with E-state index in [-0.39, 0.29) is 18.0 Å². The molecule has 21 heavy (non-hydrogen) atoms. The molecule has 1 aromatic rings. The Morgan fingerprint density at radius 3 is 3.00 bits per heavy atom. The van der Waals surface area contributed by atoms with Crippen molar-refractivity contribution in [3.63, 3.8) is 0 Å². The van der Waals surface area contributed by atoms with Crippen molar-refractivity contribution >= 4 is 27.9 Å². The number of fused-ring (bicyclic) bond motifs is 1. The van der Waals surface area contributed by atoms with Crippen LogP contribution in [0.2, 0.25) is 0 Å². The second-order valence-electron chi connectivity index (χ2n) is 5.13. The number of nitrogens with zero attached hydrogens (tertiary/aromatic N) is 2. The van der Waals surface area contributed by atoms with Crippen LogP contribution in [0.15, 0.2) is 22.7 Å². The number of rotatable bonds is 2. The van der Waals surface area contributed by atoms with Crippen LogP contribution in [0, 0.1) is 0 Å². The van der Waals surface area contributed by atoms with E-state index in [1.165, 1.54) is 0 Å². The highest BCUT2D eigenvalue weighted by Gasteiger charge is 2.37. The lowest BCUT2D eigenvalue weighted by atomic mass is 10.1. The molecule has 1 N–H and O–H groups in total. The van der Waals surface area contributed by atoms with Gasteiger partial charge in [-0.2, -0.15) is 0 Å². The molecular weight excluding hydrogens is 338 g/mol. The fourth-order valence-electron chi connectivity index (χ4n) is 2.80. The van der Waals surface area contributed by atoms with E-state index in [0.29, 0.717) is 37.5 Å². The quantitative estimate of drug-likeness (QED) is 0.871. The Morgan fingerprint density at radius 1 is 1.43 bits per heavy atom. The zero-order valence-electron chi connectivity index (χ0n) is 11.6. The van der Waals surface area contributed by atoms with Gasteiger partial charge in [-0.3, -0.25) is 4.79 Å². The topological polar surface area (TPSA) is 61.9 Å². The summed E-state index contributed by atoms with van der Waals surface area (Å²) >= 11 is 3.37. The maximum absolute atomic E-state index is 12.7. The van der Waals surface area contributed by atoms with Gasteiger partial charge < -0.3 is 19.9 Å². The molecule has 2 aliphatic rings. The number of benzene rings is 1. The Bertz CT molecular complexity index is 593. The Kier molecular flexibility index (Phi) is 3.75. The van der Waals surface area contributed by atoms with Gasteiger partial charge in [0.2, 0.25) is 0 Å². The maximum atomic E-state index is 12.7. The predicted octanol–water partition coefficient (Wildman–Crippen LogP) is 1.31. The van der Waals surface area contributed by atoms with Gasteiger partial charge in [0, 0.05) is 30.7 Å². The minimum absolute atomic E-state index is 0.0340. The third-order valence-corrected chi connectivity index (χ3v) is 4.41. The number of carbonyl (C=O) groups excluding carboxylic acids is 2. The average molecular weight is 354 g/mol. The molecule has 1 atom stereocenters. The standard InChI is InChI=1S/C14H16BrN3O3/c1-21-12-6-9(15)2-3-11(12)13(19)17-4-5-18-10(8-17)7-16-14(18)20/h2-3,6,10H,4-5,7-8H2,1H3,(H,16,20). The van der Waals surface area contributed by atoms with E-state index >= 15 is 0 Å². The number of halogens is 1. The summed E-state index contributed by atoms with van der Waals surface area (Å²) in [4.78, 5) is 27.8. The largest absolute Gasteiger partial charge is 0.496 e. The molecule has 3 amide bonds. The number of carbonyl (C=O) groups is 2. The molecule has 1 aromatic carbocycles. The number of hydrogen-bond acceptors (Lipinski definition) is 3. The minimum atomic E-state index is -0.0571. The zero-order valence-corrected chi connectivity index (χ0v) is 13.2. The Balaban J connectivity index is 1.79. The lowest BCUT2D eigenvalue weighted by molar-refractivity contribution is 0.0613. The lowest BCUT2D eigenvalue weighted by Gasteiger charge is -2.36. The second-order valence-corrected chi connectivity index (χ2v) is 6.04. The van der Waals surface area contributed by atoms with E-state index in [9.17, 15) is 9.59 Å². The highest BCUT2D eigenvalue weighted by molar-refractivity contribution is 9.10. The first-order chi connectivity index (χ1) is 10.1. The molecule has 1 unspecified atom stereocenters. The molecule has 0 spiro atoms. The normalized spacial score (nSPS) is 21.0. The molecule has 7 heteroatoms. The molecule has 2 heterocycles. The first kappa shape index (κ1) is 14.2. The van der Waals surface area contributed by atoms with Crippen LogP contribution < -0.4 is 10.1 Å². The van der Waals surface area contributed by atoms with Crippen molar-refractivity contribution in [2.24, 2.45) is 0 Å². The summed E-state index contributed by atoms with van der Waals surface area (Å²) in [6.45, 7) is 2.26. The molecule has 3 rings (SSSR count). The number of amides is 3. The van der Waals surface area contributed by atoms with Crippen LogP contribution in [-0.2, 0) is 0 Å². The van der Waals surface area contributed by atoms with Gasteiger partial charge in [0.1, 0.15) is 5.75 Å². The number of piperazine rings is 1. The maximum Gasteiger partial charge on any atom is 0.317 e. The van der Waals surface area contributed by atoms with Gasteiger partial charge in [-0.15, -0.1) is 0 Å². The fraction of sp³-hybridized carbons (Fsp3) is 0.429. The van der Waals surface area contributed by atoms with Crippen molar-refractivity contribution in [2.75, 3.05) is 33.3 Å². The van der Waals surface area contributed by atoms with Gasteiger partial charge in [-0.05, 0) is 18.2 Å². The summed E-state index contributed by atoms with van der Waals surface area (Å²) in [5, 5.41) is 2.81. The van der Waals surface area contributed by atoms with Crippen LogP contribution in [0.1, 0.15) is 10.4 Å². The summed E-state index contributed by atoms with van der Waals surface area (Å²) in [5.74, 6) is 0.496. The number of ether oxygens (including phenoxy) is 1. The molecule has 2 saturated heterocycles. The number of hydrogen-bond donors (Lipinski definition) is 1. The highest BCUT2D eigenvalue weighted by Crippen LogP contribution is 2.26. The minimum Gasteiger partial charge on any atom is -0.496 e. The first-order valence-corrected chi connectivity index (χ1v) is 7.56. The van der Waals surface area contributed by atoms with Gasteiger partial charge >= 0.3 is 6.03 Å². The van der Waals surface area contributed by atoms with Crippen LogP contribution in [0.4, 0.5) is 4.79 Å². The summed E-state index contributed by atoms with van der Waals surface area (Å²) in [5.41, 5.74) is 0.548. The molecule has 0 bridgehead atoms. The molecular formula is C14H16BrN3O3. The van der Waals surface area contributed by atoms with Gasteiger partial charge in [0.25, 0.3) is 5.91 Å². The van der Waals surface area contributed by atoms with E-state index in [1.807, 2.05) is 6.07 Å². The second kappa shape index (κ2) is 5.55. The Labute approximate surface area is 131 Å². The smallest absolute Gasteiger partial charge is 0.317 e. The SMILES string of the molecule is COc1cc(Br)ccc1C(=O)N1CCN2C(=O)NCC2C1. The van der Waals surface area contributed by atoms with Crippen molar-refractivity contribution in [3.05, 3.63) is 28.2 Å². The molecule has 0 aliphatic carbocycles. The van der Waals surface area contributed by atoms with Crippen molar-refractivity contribution in [2.45, 2.75) is 6.04 Å². The van der Waals surface area contributed by atoms with E-state index in [1.54, 1.807) is 29.0 Å². The van der Waals surface area contributed by atoms with Crippen LogP contribution in [0.25, 0.3) is 0 Å². The third-order valence-electron chi connectivity index (χ3n) is 3.91. The van der Waals surface area contributed by atoms with Crippen molar-refractivity contribution in [3.8, 4) is 5.75 Å². The van der Waals surface area contributed by atoms with Gasteiger partial charge in [0.15, 0.2) is 0 Å². The van der Waals surface area contributed by atoms with E-state index < -0.39 is 0 Å². The van der Waals surface area contributed by atoms with Gasteiger partial charge in [0.05, 0.1) is 18.7 Å². The molecule has 0 radical (unpaired) electrons. The van der Waals surface area contributed by atoms with Gasteiger partial charge in [-0.1, -0.05) is 15.9 Å². The Morgan fingerprint density at radius 2 is 2.24 bits per heavy atom. The first-order valence-electron chi connectivity index (χ1n) is 6.77. The number of methoxy groups -OCH3 is 1. The van der Waals surface area contributed by atoms with Crippen molar-refractivity contribution in [1.82, 2.24) is 15.1 Å². The average Bonchev–Trinajstić information content (AvgIpc) is 2.87. The van der Waals surface area contributed by atoms with E-state index in [4.69, 9.17) is 4.74 Å². The summed E-state index contributed by atoms with van der Waals surface area (Å²) in [6, 6.07) is 5.40. The third kappa shape index (κ3) is 2.57. The summed E-state index contributed by atoms with van der Waals surface area (Å²) in [6.07, 6.45) is 0. The van der Waals surface area contributed by atoms with E-state index in [2.05, 4.69) is 21.2 Å². The van der Waals surface area contributed by atoms with Crippen molar-refractivity contribution in [1.29, 1.82) is 0 Å². The molecule has 2 aliphatic heterocycles. The molecule has 2 fully saturated rings. The molecule has 0 aromatic heterocycles. The zero-order chi connectivity index (χ0) is 15.0. The van der Waals surface area contributed by atoms with Crippen molar-refractivity contribution < 1.29 is 14.3 Å². The lowest BCUT2D eigenvalue weighted by Crippen LogP contribution is -2.53. The number of urea groups is 1. The molecule has 0 saturated carbocycles. The Hall–Kier alpha value is -1.76. The summed E-state index contributed by atoms with van der Waals surface area (Å²) < 4.78 is 6.15. The fourth-order valence-corrected chi connectivity index (χ4v) is 3.14. The highest BCUT2D eigenvalue weighted by atomic mass is 79.9. The summed E-state index contributed by atoms with van der Waals surface area (Å²) in [7, 11) is 1.55. The number of nitrogens with one attached hydrogen (secondary N) is 1. The van der Waals surface area contributed by atoms with Crippen LogP contribution in [0.5, 0.6) is 5.75 Å². The monoisotopic (exact) mass is 353 g/mol. The van der Waals surface area contributed by atoms with Crippen LogP contribution in [-0.4, -0.2) is 61.1 Å². The predicted molar refractivity (Wildman–Crippen MR) is 80.5 cm³/mol. The molecule has 112 valence electrons. The van der Waals surface area contributed by atoms with E-state index in [0.717, 1.165) is 4.47 Å².